The van der Waals surface area contributed by atoms with Crippen LogP contribution in [-0.4, -0.2) is 28.1 Å². The van der Waals surface area contributed by atoms with Crippen LogP contribution in [0.25, 0.3) is 10.9 Å². The lowest BCUT2D eigenvalue weighted by Crippen LogP contribution is -2.33. The van der Waals surface area contributed by atoms with E-state index >= 15 is 0 Å². The summed E-state index contributed by atoms with van der Waals surface area (Å²) in [6, 6.07) is 8.30. The summed E-state index contributed by atoms with van der Waals surface area (Å²) < 4.78 is 0. The van der Waals surface area contributed by atoms with Gasteiger partial charge in [0.2, 0.25) is 0 Å². The Balaban J connectivity index is 1.87. The number of aliphatic hydroxyl groups excluding tert-OH is 1. The van der Waals surface area contributed by atoms with Crippen LogP contribution in [0.1, 0.15) is 57.7 Å². The molecule has 27 heavy (non-hydrogen) atoms. The summed E-state index contributed by atoms with van der Waals surface area (Å²) in [7, 11) is 0. The van der Waals surface area contributed by atoms with E-state index in [9.17, 15) is 9.90 Å². The van der Waals surface area contributed by atoms with Crippen molar-refractivity contribution < 1.29 is 9.90 Å². The number of hydrogen-bond acceptors (Lipinski definition) is 3. The van der Waals surface area contributed by atoms with Crippen LogP contribution in [0.15, 0.2) is 40.6 Å². The minimum atomic E-state index is -0.109. The molecule has 0 aliphatic heterocycles. The Labute approximate surface area is 161 Å². The number of allylic oxidation sites excluding steroid dienone is 2. The molecule has 1 fully saturated rings. The number of ketones is 1. The van der Waals surface area contributed by atoms with Crippen molar-refractivity contribution in [3.63, 3.8) is 0 Å². The van der Waals surface area contributed by atoms with Gasteiger partial charge < -0.3 is 10.1 Å². The number of H-pyrrole nitrogens is 1. The SMILES string of the molecule is CCC/C(O)=C1\C(=O)CC(C)(C)CC1=NCCc1c(C)[nH]c2ccccc12. The highest BCUT2D eigenvalue weighted by Gasteiger charge is 2.35. The molecule has 144 valence electrons. The number of nitrogens with one attached hydrogen (secondary N) is 1. The molecule has 0 unspecified atom stereocenters. The van der Waals surface area contributed by atoms with Crippen molar-refractivity contribution in [2.45, 2.75) is 59.8 Å². The van der Waals surface area contributed by atoms with Crippen molar-refractivity contribution in [1.29, 1.82) is 0 Å². The second kappa shape index (κ2) is 7.71. The highest BCUT2D eigenvalue weighted by Crippen LogP contribution is 2.36. The van der Waals surface area contributed by atoms with Gasteiger partial charge in [-0.25, -0.2) is 0 Å². The molecule has 0 atom stereocenters. The molecule has 4 heteroatoms. The number of aromatic nitrogens is 1. The van der Waals surface area contributed by atoms with Crippen LogP contribution in [0.3, 0.4) is 0 Å². The molecule has 0 saturated heterocycles. The third-order valence-corrected chi connectivity index (χ3v) is 5.32. The van der Waals surface area contributed by atoms with Crippen LogP contribution < -0.4 is 0 Å². The molecule has 0 bridgehead atoms. The number of Topliss-reactive ketones (excluding diaryl/α,β-unsaturated/α-hetero) is 1. The van der Waals surface area contributed by atoms with Crippen molar-refractivity contribution in [2.24, 2.45) is 10.4 Å². The van der Waals surface area contributed by atoms with Crippen LogP contribution in [0, 0.1) is 12.3 Å². The first-order chi connectivity index (χ1) is 12.8. The standard InChI is InChI=1S/C23H30N2O2/c1-5-8-20(26)22-19(13-23(3,4)14-21(22)27)24-12-11-16-15(2)25-18-10-7-6-9-17(16)18/h6-7,9-10,25-26H,5,8,11-14H2,1-4H3/b22-20+,24-19?. The first kappa shape index (κ1) is 19.4. The first-order valence-electron chi connectivity index (χ1n) is 9.87. The normalized spacial score (nSPS) is 20.4. The number of aryl methyl sites for hydroxylation is 1. The molecular weight excluding hydrogens is 336 g/mol. The van der Waals surface area contributed by atoms with E-state index in [1.807, 2.05) is 13.0 Å². The monoisotopic (exact) mass is 366 g/mol. The van der Waals surface area contributed by atoms with E-state index in [0.29, 0.717) is 25.0 Å². The van der Waals surface area contributed by atoms with Crippen molar-refractivity contribution >= 4 is 22.4 Å². The summed E-state index contributed by atoms with van der Waals surface area (Å²) in [5.74, 6) is 0.235. The maximum absolute atomic E-state index is 12.7. The van der Waals surface area contributed by atoms with Crippen LogP contribution in [0.2, 0.25) is 0 Å². The summed E-state index contributed by atoms with van der Waals surface area (Å²) in [4.78, 5) is 20.9. The van der Waals surface area contributed by atoms with Gasteiger partial charge in [-0.2, -0.15) is 0 Å². The quantitative estimate of drug-likeness (QED) is 0.545. The molecule has 0 amide bonds. The number of rotatable bonds is 5. The summed E-state index contributed by atoms with van der Waals surface area (Å²) in [5, 5.41) is 11.7. The fourth-order valence-corrected chi connectivity index (χ4v) is 4.07. The predicted octanol–water partition coefficient (Wildman–Crippen LogP) is 5.46. The van der Waals surface area contributed by atoms with Gasteiger partial charge in [-0.1, -0.05) is 39.0 Å². The Hall–Kier alpha value is -2.36. The number of hydrogen-bond donors (Lipinski definition) is 2. The van der Waals surface area contributed by atoms with E-state index in [-0.39, 0.29) is 17.0 Å². The molecule has 1 aliphatic carbocycles. The molecule has 3 rings (SSSR count). The second-order valence-corrected chi connectivity index (χ2v) is 8.37. The fraction of sp³-hybridized carbons (Fsp3) is 0.478. The van der Waals surface area contributed by atoms with E-state index in [1.54, 1.807) is 0 Å². The topological polar surface area (TPSA) is 65.4 Å². The van der Waals surface area contributed by atoms with Crippen molar-refractivity contribution in [1.82, 2.24) is 4.98 Å². The van der Waals surface area contributed by atoms with E-state index in [4.69, 9.17) is 4.99 Å². The zero-order valence-electron chi connectivity index (χ0n) is 16.9. The third kappa shape index (κ3) is 4.15. The zero-order valence-corrected chi connectivity index (χ0v) is 16.9. The zero-order chi connectivity index (χ0) is 19.6. The third-order valence-electron chi connectivity index (χ3n) is 5.32. The van der Waals surface area contributed by atoms with Gasteiger partial charge in [0.1, 0.15) is 5.76 Å². The largest absolute Gasteiger partial charge is 0.511 e. The number of para-hydroxylation sites is 1. The smallest absolute Gasteiger partial charge is 0.168 e. The van der Waals surface area contributed by atoms with Gasteiger partial charge in [0.15, 0.2) is 5.78 Å². The lowest BCUT2D eigenvalue weighted by molar-refractivity contribution is -0.117. The fourth-order valence-electron chi connectivity index (χ4n) is 4.07. The van der Waals surface area contributed by atoms with Gasteiger partial charge in [-0.3, -0.25) is 9.79 Å². The highest BCUT2D eigenvalue weighted by molar-refractivity contribution is 6.24. The summed E-state index contributed by atoms with van der Waals surface area (Å²) in [5.41, 5.74) is 4.74. The molecule has 1 heterocycles. The number of carbonyl (C=O) groups excluding carboxylic acids is 1. The highest BCUT2D eigenvalue weighted by atomic mass is 16.3. The molecule has 1 aromatic heterocycles. The molecule has 1 aromatic carbocycles. The average molecular weight is 367 g/mol. The van der Waals surface area contributed by atoms with Crippen molar-refractivity contribution in [3.05, 3.63) is 46.9 Å². The number of aliphatic hydroxyl groups is 1. The molecule has 1 saturated carbocycles. The first-order valence-corrected chi connectivity index (χ1v) is 9.87. The van der Waals surface area contributed by atoms with E-state index in [2.05, 4.69) is 44.0 Å². The van der Waals surface area contributed by atoms with Gasteiger partial charge in [0, 0.05) is 41.7 Å². The lowest BCUT2D eigenvalue weighted by Gasteiger charge is -2.31. The Morgan fingerprint density at radius 3 is 2.74 bits per heavy atom. The molecular formula is C23H30N2O2. The number of fused-ring (bicyclic) bond motifs is 1. The summed E-state index contributed by atoms with van der Waals surface area (Å²) in [6.45, 7) is 8.90. The van der Waals surface area contributed by atoms with Crippen molar-refractivity contribution in [2.75, 3.05) is 6.54 Å². The number of carbonyl (C=O) groups is 1. The van der Waals surface area contributed by atoms with E-state index < -0.39 is 0 Å². The molecule has 1 aliphatic rings. The Morgan fingerprint density at radius 1 is 1.26 bits per heavy atom. The summed E-state index contributed by atoms with van der Waals surface area (Å²) >= 11 is 0. The number of benzene rings is 1. The number of aliphatic imine (C=N–C) groups is 1. The summed E-state index contributed by atoms with van der Waals surface area (Å²) in [6.07, 6.45) is 3.36. The van der Waals surface area contributed by atoms with Gasteiger partial charge >= 0.3 is 0 Å². The maximum Gasteiger partial charge on any atom is 0.168 e. The molecule has 2 N–H and O–H groups in total. The second-order valence-electron chi connectivity index (χ2n) is 8.37. The molecule has 4 nitrogen and oxygen atoms in total. The minimum Gasteiger partial charge on any atom is -0.511 e. The molecule has 0 spiro atoms. The van der Waals surface area contributed by atoms with Crippen LogP contribution in [0.4, 0.5) is 0 Å². The minimum absolute atomic E-state index is 0.0271. The van der Waals surface area contributed by atoms with Crippen LogP contribution in [-0.2, 0) is 11.2 Å². The predicted molar refractivity (Wildman–Crippen MR) is 112 cm³/mol. The van der Waals surface area contributed by atoms with E-state index in [1.165, 1.54) is 16.6 Å². The lowest BCUT2D eigenvalue weighted by atomic mass is 9.73. The maximum atomic E-state index is 12.7. The van der Waals surface area contributed by atoms with Crippen LogP contribution in [0.5, 0.6) is 0 Å². The molecule has 0 radical (unpaired) electrons. The van der Waals surface area contributed by atoms with Gasteiger partial charge in [0.05, 0.1) is 5.57 Å². The van der Waals surface area contributed by atoms with Gasteiger partial charge in [-0.15, -0.1) is 0 Å². The Kier molecular flexibility index (Phi) is 5.54. The van der Waals surface area contributed by atoms with Crippen LogP contribution >= 0.6 is 0 Å². The van der Waals surface area contributed by atoms with Crippen molar-refractivity contribution in [3.8, 4) is 0 Å². The Bertz CT molecular complexity index is 916. The average Bonchev–Trinajstić information content (AvgIpc) is 2.89. The van der Waals surface area contributed by atoms with Gasteiger partial charge in [-0.05, 0) is 43.2 Å². The number of nitrogens with zero attached hydrogens (tertiary/aromatic N) is 1. The molecule has 2 aromatic rings. The number of aromatic amines is 1. The Morgan fingerprint density at radius 2 is 2.00 bits per heavy atom. The van der Waals surface area contributed by atoms with E-state index in [0.717, 1.165) is 30.5 Å². The van der Waals surface area contributed by atoms with Gasteiger partial charge in [0.25, 0.3) is 0 Å².